The van der Waals surface area contributed by atoms with Crippen molar-refractivity contribution in [1.82, 2.24) is 4.90 Å². The molecule has 2 N–H and O–H groups in total. The van der Waals surface area contributed by atoms with Gasteiger partial charge in [-0.25, -0.2) is 0 Å². The lowest BCUT2D eigenvalue weighted by Gasteiger charge is -2.25. The van der Waals surface area contributed by atoms with E-state index in [4.69, 9.17) is 5.73 Å². The average molecular weight is 324 g/mol. The third kappa shape index (κ3) is 6.55. The molecular weight excluding hydrogens is 296 g/mol. The van der Waals surface area contributed by atoms with E-state index in [1.165, 1.54) is 5.56 Å². The van der Waals surface area contributed by atoms with E-state index in [-0.39, 0.29) is 11.4 Å². The molecule has 24 heavy (non-hydrogen) atoms. The predicted octanol–water partition coefficient (Wildman–Crippen LogP) is 3.78. The highest BCUT2D eigenvalue weighted by molar-refractivity contribution is 5.76. The van der Waals surface area contributed by atoms with Crippen molar-refractivity contribution in [2.24, 2.45) is 5.73 Å². The van der Waals surface area contributed by atoms with Gasteiger partial charge in [-0.3, -0.25) is 4.79 Å². The van der Waals surface area contributed by atoms with Crippen LogP contribution in [0.15, 0.2) is 60.7 Å². The number of hydrogen-bond donors (Lipinski definition) is 1. The fourth-order valence-electron chi connectivity index (χ4n) is 2.59. The van der Waals surface area contributed by atoms with Crippen molar-refractivity contribution in [1.29, 1.82) is 0 Å². The first-order chi connectivity index (χ1) is 11.4. The van der Waals surface area contributed by atoms with Crippen LogP contribution >= 0.6 is 0 Å². The summed E-state index contributed by atoms with van der Waals surface area (Å²) in [6.45, 7) is 5.30. The first kappa shape index (κ1) is 18.2. The molecule has 0 atom stereocenters. The zero-order valence-corrected chi connectivity index (χ0v) is 14.7. The third-order valence-electron chi connectivity index (χ3n) is 4.07. The lowest BCUT2D eigenvalue weighted by molar-refractivity contribution is -0.132. The molecule has 0 saturated heterocycles. The molecule has 3 heteroatoms. The van der Waals surface area contributed by atoms with Crippen molar-refractivity contribution in [2.75, 3.05) is 6.54 Å². The Balaban J connectivity index is 2.01. The van der Waals surface area contributed by atoms with Gasteiger partial charge in [-0.05, 0) is 37.8 Å². The van der Waals surface area contributed by atoms with Gasteiger partial charge in [0.25, 0.3) is 0 Å². The number of nitrogens with two attached hydrogens (primary N) is 1. The normalized spacial score (nSPS) is 11.3. The number of rotatable bonds is 8. The van der Waals surface area contributed by atoms with Gasteiger partial charge in [0, 0.05) is 25.0 Å². The Bertz CT molecular complexity index is 617. The monoisotopic (exact) mass is 324 g/mol. The van der Waals surface area contributed by atoms with Crippen molar-refractivity contribution in [3.63, 3.8) is 0 Å². The molecule has 0 aromatic heterocycles. The van der Waals surface area contributed by atoms with Crippen LogP contribution in [0.3, 0.4) is 0 Å². The minimum atomic E-state index is -0.312. The van der Waals surface area contributed by atoms with Crippen molar-refractivity contribution >= 4 is 5.91 Å². The summed E-state index contributed by atoms with van der Waals surface area (Å²) >= 11 is 0. The highest BCUT2D eigenvalue weighted by atomic mass is 16.2. The first-order valence-electron chi connectivity index (χ1n) is 8.58. The molecule has 2 aromatic rings. The summed E-state index contributed by atoms with van der Waals surface area (Å²) in [4.78, 5) is 14.6. The topological polar surface area (TPSA) is 46.3 Å². The van der Waals surface area contributed by atoms with E-state index >= 15 is 0 Å². The van der Waals surface area contributed by atoms with E-state index in [0.717, 1.165) is 18.5 Å². The Kier molecular flexibility index (Phi) is 6.56. The molecule has 0 aliphatic rings. The second-order valence-electron chi connectivity index (χ2n) is 7.03. The van der Waals surface area contributed by atoms with Crippen molar-refractivity contribution in [3.05, 3.63) is 71.8 Å². The molecule has 0 saturated carbocycles. The molecule has 128 valence electrons. The van der Waals surface area contributed by atoms with E-state index in [1.54, 1.807) is 0 Å². The van der Waals surface area contributed by atoms with Gasteiger partial charge < -0.3 is 10.6 Å². The minimum Gasteiger partial charge on any atom is -0.338 e. The molecule has 0 radical (unpaired) electrons. The van der Waals surface area contributed by atoms with Crippen LogP contribution in [0.25, 0.3) is 0 Å². The quantitative estimate of drug-likeness (QED) is 0.803. The summed E-state index contributed by atoms with van der Waals surface area (Å²) in [5.74, 6) is 0.174. The predicted molar refractivity (Wildman–Crippen MR) is 99.5 cm³/mol. The van der Waals surface area contributed by atoms with Crippen LogP contribution in [0.2, 0.25) is 0 Å². The summed E-state index contributed by atoms with van der Waals surface area (Å²) in [6, 6.07) is 20.4. The van der Waals surface area contributed by atoms with Gasteiger partial charge in [0.05, 0.1) is 0 Å². The van der Waals surface area contributed by atoms with E-state index in [9.17, 15) is 4.79 Å². The second-order valence-corrected chi connectivity index (χ2v) is 7.03. The van der Waals surface area contributed by atoms with E-state index in [0.29, 0.717) is 19.4 Å². The van der Waals surface area contributed by atoms with Crippen molar-refractivity contribution in [2.45, 2.75) is 45.2 Å². The Morgan fingerprint density at radius 3 is 2.04 bits per heavy atom. The maximum absolute atomic E-state index is 12.7. The molecule has 3 nitrogen and oxygen atoms in total. The molecule has 0 unspecified atom stereocenters. The Labute approximate surface area is 145 Å². The number of nitrogens with zero attached hydrogens (tertiary/aromatic N) is 1. The van der Waals surface area contributed by atoms with Gasteiger partial charge >= 0.3 is 0 Å². The summed E-state index contributed by atoms with van der Waals surface area (Å²) in [7, 11) is 0. The standard InChI is InChI=1S/C21H28N2O/c1-21(2,22)15-13-20(24)23(17-19-11-7-4-8-12-19)16-14-18-9-5-3-6-10-18/h3-12H,13-17,22H2,1-2H3. The van der Waals surface area contributed by atoms with E-state index in [2.05, 4.69) is 24.3 Å². The summed E-state index contributed by atoms with van der Waals surface area (Å²) in [5, 5.41) is 0. The molecular formula is C21H28N2O. The minimum absolute atomic E-state index is 0.174. The van der Waals surface area contributed by atoms with Gasteiger partial charge in [0.1, 0.15) is 0 Å². The van der Waals surface area contributed by atoms with Crippen LogP contribution in [0.1, 0.15) is 37.8 Å². The zero-order valence-electron chi connectivity index (χ0n) is 14.7. The zero-order chi connectivity index (χ0) is 17.4. The van der Waals surface area contributed by atoms with Crippen LogP contribution < -0.4 is 5.73 Å². The molecule has 2 aromatic carbocycles. The number of benzene rings is 2. The van der Waals surface area contributed by atoms with Crippen LogP contribution in [0.4, 0.5) is 0 Å². The van der Waals surface area contributed by atoms with Crippen molar-refractivity contribution < 1.29 is 4.79 Å². The Morgan fingerprint density at radius 2 is 1.50 bits per heavy atom. The number of amides is 1. The highest BCUT2D eigenvalue weighted by Crippen LogP contribution is 2.13. The number of carbonyl (C=O) groups is 1. The largest absolute Gasteiger partial charge is 0.338 e. The Hall–Kier alpha value is -2.13. The molecule has 0 spiro atoms. The molecule has 0 fully saturated rings. The smallest absolute Gasteiger partial charge is 0.222 e. The number of carbonyl (C=O) groups excluding carboxylic acids is 1. The fourth-order valence-corrected chi connectivity index (χ4v) is 2.59. The maximum Gasteiger partial charge on any atom is 0.222 e. The highest BCUT2D eigenvalue weighted by Gasteiger charge is 2.18. The molecule has 0 heterocycles. The lowest BCUT2D eigenvalue weighted by atomic mass is 9.99. The van der Waals surface area contributed by atoms with E-state index in [1.807, 2.05) is 55.1 Å². The second kappa shape index (κ2) is 8.65. The lowest BCUT2D eigenvalue weighted by Crippen LogP contribution is -2.37. The van der Waals surface area contributed by atoms with Gasteiger partial charge in [-0.1, -0.05) is 60.7 Å². The van der Waals surface area contributed by atoms with Crippen molar-refractivity contribution in [3.8, 4) is 0 Å². The van der Waals surface area contributed by atoms with Gasteiger partial charge in [0.15, 0.2) is 0 Å². The SMILES string of the molecule is CC(C)(N)CCC(=O)N(CCc1ccccc1)Cc1ccccc1. The third-order valence-corrected chi connectivity index (χ3v) is 4.07. The molecule has 0 bridgehead atoms. The summed E-state index contributed by atoms with van der Waals surface area (Å²) < 4.78 is 0. The average Bonchev–Trinajstić information content (AvgIpc) is 2.57. The van der Waals surface area contributed by atoms with Crippen LogP contribution in [-0.4, -0.2) is 22.9 Å². The number of hydrogen-bond acceptors (Lipinski definition) is 2. The van der Waals surface area contributed by atoms with Crippen LogP contribution in [-0.2, 0) is 17.8 Å². The van der Waals surface area contributed by atoms with E-state index < -0.39 is 0 Å². The molecule has 1 amide bonds. The summed E-state index contributed by atoms with van der Waals surface area (Å²) in [6.07, 6.45) is 2.05. The van der Waals surface area contributed by atoms with Crippen LogP contribution in [0.5, 0.6) is 0 Å². The van der Waals surface area contributed by atoms with Gasteiger partial charge in [0.2, 0.25) is 5.91 Å². The molecule has 0 aliphatic carbocycles. The Morgan fingerprint density at radius 1 is 0.958 bits per heavy atom. The maximum atomic E-state index is 12.7. The first-order valence-corrected chi connectivity index (χ1v) is 8.58. The molecule has 0 aliphatic heterocycles. The fraction of sp³-hybridized carbons (Fsp3) is 0.381. The van der Waals surface area contributed by atoms with Crippen LogP contribution in [0, 0.1) is 0 Å². The van der Waals surface area contributed by atoms with Gasteiger partial charge in [-0.2, -0.15) is 0 Å². The van der Waals surface area contributed by atoms with Gasteiger partial charge in [-0.15, -0.1) is 0 Å². The summed E-state index contributed by atoms with van der Waals surface area (Å²) in [5.41, 5.74) is 8.13. The molecule has 2 rings (SSSR count).